The molecule has 29 heavy (non-hydrogen) atoms. The summed E-state index contributed by atoms with van der Waals surface area (Å²) in [4.78, 5) is 14.4. The zero-order valence-electron chi connectivity index (χ0n) is 15.6. The third-order valence-corrected chi connectivity index (χ3v) is 6.60. The highest BCUT2D eigenvalue weighted by Gasteiger charge is 2.35. The molecule has 0 saturated carbocycles. The molecule has 2 aromatic carbocycles. The fraction of sp³-hybridized carbons (Fsp3) is 0.316. The van der Waals surface area contributed by atoms with Gasteiger partial charge in [-0.2, -0.15) is 17.5 Å². The molecule has 0 radical (unpaired) electrons. The van der Waals surface area contributed by atoms with Crippen molar-refractivity contribution in [3.63, 3.8) is 0 Å². The van der Waals surface area contributed by atoms with E-state index in [2.05, 4.69) is 5.32 Å². The van der Waals surface area contributed by atoms with Gasteiger partial charge in [-0.3, -0.25) is 4.79 Å². The number of amides is 1. The Morgan fingerprint density at radius 3 is 2.14 bits per heavy atom. The van der Waals surface area contributed by atoms with Gasteiger partial charge >= 0.3 is 6.18 Å². The summed E-state index contributed by atoms with van der Waals surface area (Å²) in [5, 5.41) is 2.38. The molecule has 3 rings (SSSR count). The molecule has 1 fully saturated rings. The molecule has 156 valence electrons. The first kappa shape index (κ1) is 21.3. The lowest BCUT2D eigenvalue weighted by atomic mass is 10.1. The number of nitrogens with zero attached hydrogens (tertiary/aromatic N) is 2. The molecular weight excluding hydrogens is 407 g/mol. The van der Waals surface area contributed by atoms with Gasteiger partial charge in [0.1, 0.15) is 0 Å². The van der Waals surface area contributed by atoms with Crippen molar-refractivity contribution >= 4 is 21.6 Å². The molecule has 0 unspecified atom stereocenters. The highest BCUT2D eigenvalue weighted by atomic mass is 32.2. The summed E-state index contributed by atoms with van der Waals surface area (Å²) in [5.41, 5.74) is -1.34. The second kappa shape index (κ2) is 8.13. The van der Waals surface area contributed by atoms with Crippen LogP contribution in [0.3, 0.4) is 0 Å². The van der Waals surface area contributed by atoms with Crippen molar-refractivity contribution < 1.29 is 26.4 Å². The third-order valence-electron chi connectivity index (χ3n) is 4.69. The van der Waals surface area contributed by atoms with Crippen LogP contribution in [0.2, 0.25) is 0 Å². The lowest BCUT2D eigenvalue weighted by Gasteiger charge is -2.31. The number of hydrogen-bond acceptors (Lipinski definition) is 4. The lowest BCUT2D eigenvalue weighted by Crippen LogP contribution is -2.46. The fourth-order valence-corrected chi connectivity index (χ4v) is 4.44. The number of likely N-dealkylation sites (N-methyl/N-ethyl adjacent to an activating group) is 1. The molecular formula is C19H20F3N3O3S. The first-order valence-electron chi connectivity index (χ1n) is 8.85. The quantitative estimate of drug-likeness (QED) is 0.815. The molecule has 0 aromatic heterocycles. The molecule has 1 saturated heterocycles. The average molecular weight is 427 g/mol. The smallest absolute Gasteiger partial charge is 0.322 e. The van der Waals surface area contributed by atoms with Crippen LogP contribution < -0.4 is 5.32 Å². The Morgan fingerprint density at radius 1 is 0.966 bits per heavy atom. The predicted octanol–water partition coefficient (Wildman–Crippen LogP) is 2.89. The van der Waals surface area contributed by atoms with Crippen LogP contribution in [0.15, 0.2) is 53.4 Å². The fourth-order valence-electron chi connectivity index (χ4n) is 3.01. The molecule has 0 aliphatic carbocycles. The summed E-state index contributed by atoms with van der Waals surface area (Å²) in [6.07, 6.45) is -4.66. The number of halogens is 3. The van der Waals surface area contributed by atoms with Crippen molar-refractivity contribution in [3.05, 3.63) is 59.7 Å². The van der Waals surface area contributed by atoms with E-state index in [0.717, 1.165) is 12.1 Å². The second-order valence-corrected chi connectivity index (χ2v) is 8.67. The van der Waals surface area contributed by atoms with E-state index < -0.39 is 33.2 Å². The number of carbonyl (C=O) groups excluding carboxylic acids is 1. The van der Waals surface area contributed by atoms with Gasteiger partial charge in [0.25, 0.3) is 5.91 Å². The molecule has 0 atom stereocenters. The number of rotatable bonds is 4. The third kappa shape index (κ3) is 4.77. The van der Waals surface area contributed by atoms with Crippen molar-refractivity contribution in [2.24, 2.45) is 0 Å². The maximum absolute atomic E-state index is 13.1. The van der Waals surface area contributed by atoms with Gasteiger partial charge < -0.3 is 10.2 Å². The largest absolute Gasteiger partial charge is 0.417 e. The normalized spacial score (nSPS) is 16.6. The van der Waals surface area contributed by atoms with Gasteiger partial charge in [0.15, 0.2) is 0 Å². The monoisotopic (exact) mass is 427 g/mol. The van der Waals surface area contributed by atoms with Gasteiger partial charge in [0, 0.05) is 31.9 Å². The molecule has 1 amide bonds. The maximum atomic E-state index is 13.1. The molecule has 1 aliphatic heterocycles. The van der Waals surface area contributed by atoms with Crippen LogP contribution in [0, 0.1) is 0 Å². The highest BCUT2D eigenvalue weighted by molar-refractivity contribution is 7.89. The number of alkyl halides is 3. The van der Waals surface area contributed by atoms with Crippen molar-refractivity contribution in [2.75, 3.05) is 38.5 Å². The van der Waals surface area contributed by atoms with E-state index in [1.165, 1.54) is 40.7 Å². The highest BCUT2D eigenvalue weighted by Crippen LogP contribution is 2.32. The minimum Gasteiger partial charge on any atom is -0.322 e. The van der Waals surface area contributed by atoms with Crippen molar-refractivity contribution in [3.8, 4) is 0 Å². The van der Waals surface area contributed by atoms with E-state index in [9.17, 15) is 26.4 Å². The van der Waals surface area contributed by atoms with E-state index in [1.54, 1.807) is 0 Å². The van der Waals surface area contributed by atoms with Gasteiger partial charge in [0.2, 0.25) is 10.0 Å². The number of carbonyl (C=O) groups is 1. The molecule has 1 N–H and O–H groups in total. The van der Waals surface area contributed by atoms with E-state index in [1.807, 2.05) is 11.9 Å². The Balaban J connectivity index is 1.76. The summed E-state index contributed by atoms with van der Waals surface area (Å²) in [5.74, 6) is -0.924. The predicted molar refractivity (Wildman–Crippen MR) is 102 cm³/mol. The number of sulfonamides is 1. The number of benzene rings is 2. The standard InChI is InChI=1S/C19H20F3N3O3S/c1-24-10-12-25(13-11-24)29(27,28)15-8-6-14(7-9-15)23-18(26)16-4-2-3-5-17(16)19(20,21)22/h2-9H,10-13H2,1H3,(H,23,26). The lowest BCUT2D eigenvalue weighted by molar-refractivity contribution is -0.137. The summed E-state index contributed by atoms with van der Waals surface area (Å²) in [7, 11) is -1.75. The Bertz CT molecular complexity index is 984. The Morgan fingerprint density at radius 2 is 1.55 bits per heavy atom. The Labute approximate surface area is 167 Å². The Kier molecular flexibility index (Phi) is 5.97. The van der Waals surface area contributed by atoms with E-state index in [4.69, 9.17) is 0 Å². The summed E-state index contributed by atoms with van der Waals surface area (Å²) in [6.45, 7) is 2.02. The zero-order chi connectivity index (χ0) is 21.2. The SMILES string of the molecule is CN1CCN(S(=O)(=O)c2ccc(NC(=O)c3ccccc3C(F)(F)F)cc2)CC1. The van der Waals surface area contributed by atoms with Crippen LogP contribution >= 0.6 is 0 Å². The zero-order valence-corrected chi connectivity index (χ0v) is 16.4. The molecule has 1 heterocycles. The van der Waals surface area contributed by atoms with Crippen LogP contribution in [0.25, 0.3) is 0 Å². The topological polar surface area (TPSA) is 69.7 Å². The minimum atomic E-state index is -4.66. The first-order valence-corrected chi connectivity index (χ1v) is 10.3. The molecule has 6 nitrogen and oxygen atoms in total. The first-order chi connectivity index (χ1) is 13.6. The second-order valence-electron chi connectivity index (χ2n) is 6.73. The van der Waals surface area contributed by atoms with Crippen molar-refractivity contribution in [1.82, 2.24) is 9.21 Å². The van der Waals surface area contributed by atoms with Crippen LogP contribution in [-0.2, 0) is 16.2 Å². The molecule has 0 bridgehead atoms. The molecule has 1 aliphatic rings. The molecule has 10 heteroatoms. The van der Waals surface area contributed by atoms with Crippen LogP contribution in [0.5, 0.6) is 0 Å². The van der Waals surface area contributed by atoms with Crippen LogP contribution in [0.1, 0.15) is 15.9 Å². The maximum Gasteiger partial charge on any atom is 0.417 e. The van der Waals surface area contributed by atoms with Gasteiger partial charge in [-0.05, 0) is 43.4 Å². The van der Waals surface area contributed by atoms with Gasteiger partial charge in [0.05, 0.1) is 16.0 Å². The molecule has 0 spiro atoms. The van der Waals surface area contributed by atoms with Crippen molar-refractivity contribution in [1.29, 1.82) is 0 Å². The number of piperazine rings is 1. The van der Waals surface area contributed by atoms with Gasteiger partial charge in [-0.1, -0.05) is 12.1 Å². The van der Waals surface area contributed by atoms with E-state index >= 15 is 0 Å². The van der Waals surface area contributed by atoms with Gasteiger partial charge in [-0.15, -0.1) is 0 Å². The van der Waals surface area contributed by atoms with Gasteiger partial charge in [-0.25, -0.2) is 8.42 Å². The summed E-state index contributed by atoms with van der Waals surface area (Å²) < 4.78 is 66.0. The number of hydrogen-bond donors (Lipinski definition) is 1. The Hall–Kier alpha value is -2.43. The minimum absolute atomic E-state index is 0.0655. The van der Waals surface area contributed by atoms with E-state index in [0.29, 0.717) is 26.2 Å². The number of nitrogens with one attached hydrogen (secondary N) is 1. The summed E-state index contributed by atoms with van der Waals surface area (Å²) >= 11 is 0. The average Bonchev–Trinajstić information content (AvgIpc) is 2.68. The van der Waals surface area contributed by atoms with Crippen LogP contribution in [0.4, 0.5) is 18.9 Å². The van der Waals surface area contributed by atoms with Crippen molar-refractivity contribution in [2.45, 2.75) is 11.1 Å². The van der Waals surface area contributed by atoms with E-state index in [-0.39, 0.29) is 10.6 Å². The molecule has 2 aromatic rings. The number of anilines is 1. The van der Waals surface area contributed by atoms with Crippen LogP contribution in [-0.4, -0.2) is 56.8 Å². The summed E-state index contributed by atoms with van der Waals surface area (Å²) in [6, 6.07) is 9.85.